The fourth-order valence-electron chi connectivity index (χ4n) is 3.24. The van der Waals surface area contributed by atoms with Crippen molar-refractivity contribution in [1.29, 1.82) is 0 Å². The van der Waals surface area contributed by atoms with Gasteiger partial charge in [0.05, 0.1) is 22.8 Å². The maximum atomic E-state index is 12.6. The van der Waals surface area contributed by atoms with Gasteiger partial charge in [-0.1, -0.05) is 12.1 Å². The van der Waals surface area contributed by atoms with Gasteiger partial charge in [0.15, 0.2) is 0 Å². The van der Waals surface area contributed by atoms with E-state index in [1.165, 1.54) is 0 Å². The first-order valence-corrected chi connectivity index (χ1v) is 10.5. The lowest BCUT2D eigenvalue weighted by molar-refractivity contribution is -0.128. The molecule has 1 aromatic carbocycles. The van der Waals surface area contributed by atoms with Crippen LogP contribution in [0, 0.1) is 5.92 Å². The van der Waals surface area contributed by atoms with Gasteiger partial charge in [0.2, 0.25) is 5.91 Å². The Morgan fingerprint density at radius 1 is 1.26 bits per heavy atom. The molecule has 1 aromatic rings. The zero-order valence-corrected chi connectivity index (χ0v) is 17.8. The molecule has 2 N–H and O–H groups in total. The maximum Gasteiger partial charge on any atom is 0.223 e. The minimum atomic E-state index is -1.27. The van der Waals surface area contributed by atoms with Crippen LogP contribution in [0.2, 0.25) is 0 Å². The highest BCUT2D eigenvalue weighted by Crippen LogP contribution is 2.33. The molecule has 1 heterocycles. The Morgan fingerprint density at radius 3 is 2.41 bits per heavy atom. The molecule has 2 unspecified atom stereocenters. The molecule has 0 aromatic heterocycles. The summed E-state index contributed by atoms with van der Waals surface area (Å²) in [5.41, 5.74) is 0.469. The third-order valence-electron chi connectivity index (χ3n) is 5.16. The fraction of sp³-hybridized carbons (Fsp3) is 0.650. The van der Waals surface area contributed by atoms with Crippen LogP contribution in [0.4, 0.5) is 0 Å². The minimum absolute atomic E-state index is 0.0123. The highest BCUT2D eigenvalue weighted by molar-refractivity contribution is 7.84. The van der Waals surface area contributed by atoms with Crippen LogP contribution in [0.25, 0.3) is 0 Å². The lowest BCUT2D eigenvalue weighted by atomic mass is 9.83. The molecule has 0 spiro atoms. The van der Waals surface area contributed by atoms with E-state index in [9.17, 15) is 14.1 Å². The van der Waals surface area contributed by atoms with E-state index in [1.807, 2.05) is 56.9 Å². The number of rotatable bonds is 8. The van der Waals surface area contributed by atoms with Crippen molar-refractivity contribution in [2.75, 3.05) is 20.3 Å². The molecular formula is C20H32N2O4S. The highest BCUT2D eigenvalue weighted by atomic mass is 32.2. The zero-order chi connectivity index (χ0) is 20.2. The molecule has 0 saturated carbocycles. The summed E-state index contributed by atoms with van der Waals surface area (Å²) < 4.78 is 20.6. The predicted molar refractivity (Wildman–Crippen MR) is 108 cm³/mol. The Morgan fingerprint density at radius 2 is 1.89 bits per heavy atom. The molecule has 1 aliphatic heterocycles. The van der Waals surface area contributed by atoms with Gasteiger partial charge < -0.3 is 14.7 Å². The second-order valence-corrected chi connectivity index (χ2v) is 10.4. The van der Waals surface area contributed by atoms with E-state index in [0.29, 0.717) is 25.9 Å². The number of carbonyl (C=O) groups is 1. The smallest absolute Gasteiger partial charge is 0.223 e. The number of methoxy groups -OCH3 is 1. The Labute approximate surface area is 164 Å². The summed E-state index contributed by atoms with van der Waals surface area (Å²) in [6.45, 7) is 8.78. The van der Waals surface area contributed by atoms with Gasteiger partial charge in [-0.2, -0.15) is 0 Å². The standard InChI is InChI=1S/C20H32N2O4S/c1-19(2,3)27(25)21-20(4,10-11-23)16-12-18(24)22(14-16)13-15-6-8-17(26-5)9-7-15/h6-9,16,21,23H,10-14H2,1-5H3/t16?,20?,27-/m0/s1. The second-order valence-electron chi connectivity index (χ2n) is 8.40. The number of likely N-dealkylation sites (tertiary alicyclic amines) is 1. The van der Waals surface area contributed by atoms with Crippen LogP contribution in [-0.4, -0.2) is 50.7 Å². The molecule has 0 bridgehead atoms. The van der Waals surface area contributed by atoms with E-state index in [4.69, 9.17) is 4.74 Å². The monoisotopic (exact) mass is 396 g/mol. The molecule has 2 rings (SSSR count). The summed E-state index contributed by atoms with van der Waals surface area (Å²) in [6, 6.07) is 7.69. The highest BCUT2D eigenvalue weighted by Gasteiger charge is 2.43. The molecule has 6 nitrogen and oxygen atoms in total. The van der Waals surface area contributed by atoms with Crippen molar-refractivity contribution in [2.45, 2.75) is 57.4 Å². The quantitative estimate of drug-likeness (QED) is 0.706. The molecule has 3 atom stereocenters. The van der Waals surface area contributed by atoms with Crippen molar-refractivity contribution in [3.8, 4) is 5.75 Å². The molecular weight excluding hydrogens is 364 g/mol. The third kappa shape index (κ3) is 5.53. The lowest BCUT2D eigenvalue weighted by Crippen LogP contribution is -2.54. The summed E-state index contributed by atoms with van der Waals surface area (Å²) in [6.07, 6.45) is 0.837. The first-order valence-electron chi connectivity index (χ1n) is 9.30. The largest absolute Gasteiger partial charge is 0.497 e. The van der Waals surface area contributed by atoms with Gasteiger partial charge in [-0.15, -0.1) is 0 Å². The van der Waals surface area contributed by atoms with Crippen molar-refractivity contribution in [3.05, 3.63) is 29.8 Å². The molecule has 0 aliphatic carbocycles. The van der Waals surface area contributed by atoms with E-state index in [-0.39, 0.29) is 18.4 Å². The number of hydrogen-bond donors (Lipinski definition) is 2. The van der Waals surface area contributed by atoms with E-state index in [0.717, 1.165) is 11.3 Å². The van der Waals surface area contributed by atoms with Crippen LogP contribution < -0.4 is 9.46 Å². The van der Waals surface area contributed by atoms with Gasteiger partial charge in [-0.05, 0) is 51.8 Å². The first-order chi connectivity index (χ1) is 12.6. The average Bonchev–Trinajstić information content (AvgIpc) is 2.96. The third-order valence-corrected chi connectivity index (χ3v) is 6.93. The number of hydrogen-bond acceptors (Lipinski definition) is 4. The molecule has 1 amide bonds. The van der Waals surface area contributed by atoms with E-state index < -0.39 is 21.3 Å². The SMILES string of the molecule is COc1ccc(CN2CC(C(C)(CCO)N[S@@](=O)C(C)(C)C)CC2=O)cc1. The van der Waals surface area contributed by atoms with Crippen molar-refractivity contribution < 1.29 is 18.8 Å². The van der Waals surface area contributed by atoms with Crippen molar-refractivity contribution in [2.24, 2.45) is 5.92 Å². The fourth-order valence-corrected chi connectivity index (χ4v) is 4.24. The zero-order valence-electron chi connectivity index (χ0n) is 16.9. The first kappa shape index (κ1) is 21.9. The van der Waals surface area contributed by atoms with Crippen LogP contribution in [0.3, 0.4) is 0 Å². The molecule has 7 heteroatoms. The topological polar surface area (TPSA) is 78.9 Å². The predicted octanol–water partition coefficient (Wildman–Crippen LogP) is 2.24. The van der Waals surface area contributed by atoms with Gasteiger partial charge in [-0.25, -0.2) is 8.93 Å². The van der Waals surface area contributed by atoms with Gasteiger partial charge in [-0.3, -0.25) is 4.79 Å². The summed E-state index contributed by atoms with van der Waals surface area (Å²) in [7, 11) is 0.352. The minimum Gasteiger partial charge on any atom is -0.497 e. The van der Waals surface area contributed by atoms with E-state index in [2.05, 4.69) is 4.72 Å². The lowest BCUT2D eigenvalue weighted by Gasteiger charge is -2.37. The number of benzene rings is 1. The summed E-state index contributed by atoms with van der Waals surface area (Å²) >= 11 is 0. The van der Waals surface area contributed by atoms with E-state index >= 15 is 0 Å². The number of aliphatic hydroxyl groups excluding tert-OH is 1. The summed E-state index contributed by atoms with van der Waals surface area (Å²) in [4.78, 5) is 14.4. The number of carbonyl (C=O) groups excluding carboxylic acids is 1. The maximum absolute atomic E-state index is 12.6. The van der Waals surface area contributed by atoms with Crippen LogP contribution in [-0.2, 0) is 22.3 Å². The van der Waals surface area contributed by atoms with Crippen LogP contribution in [0.1, 0.15) is 46.1 Å². The van der Waals surface area contributed by atoms with E-state index in [1.54, 1.807) is 7.11 Å². The number of nitrogens with zero attached hydrogens (tertiary/aromatic N) is 1. The summed E-state index contributed by atoms with van der Waals surface area (Å²) in [5, 5.41) is 9.54. The van der Waals surface area contributed by atoms with Gasteiger partial charge in [0.1, 0.15) is 5.75 Å². The Hall–Kier alpha value is -1.44. The molecule has 152 valence electrons. The average molecular weight is 397 g/mol. The van der Waals surface area contributed by atoms with Crippen LogP contribution >= 0.6 is 0 Å². The van der Waals surface area contributed by atoms with Crippen molar-refractivity contribution in [3.63, 3.8) is 0 Å². The number of aliphatic hydroxyl groups is 1. The van der Waals surface area contributed by atoms with Gasteiger partial charge in [0, 0.05) is 37.6 Å². The van der Waals surface area contributed by atoms with Crippen LogP contribution in [0.15, 0.2) is 24.3 Å². The number of amides is 1. The van der Waals surface area contributed by atoms with Gasteiger partial charge >= 0.3 is 0 Å². The Balaban J connectivity index is 2.10. The molecule has 0 radical (unpaired) electrons. The van der Waals surface area contributed by atoms with Crippen molar-refractivity contribution >= 4 is 16.9 Å². The second kappa shape index (κ2) is 8.71. The van der Waals surface area contributed by atoms with Crippen LogP contribution in [0.5, 0.6) is 5.75 Å². The molecule has 1 aliphatic rings. The Kier molecular flexibility index (Phi) is 7.05. The summed E-state index contributed by atoms with van der Waals surface area (Å²) in [5.74, 6) is 0.860. The molecule has 1 fully saturated rings. The van der Waals surface area contributed by atoms with Gasteiger partial charge in [0.25, 0.3) is 0 Å². The molecule has 1 saturated heterocycles. The number of nitrogens with one attached hydrogen (secondary N) is 1. The molecule has 27 heavy (non-hydrogen) atoms. The normalized spacial score (nSPS) is 21.2. The van der Waals surface area contributed by atoms with Crippen molar-refractivity contribution in [1.82, 2.24) is 9.62 Å². The number of ether oxygens (including phenoxy) is 1. The Bertz CT molecular complexity index is 672.